The number of hydrogen-bond donors (Lipinski definition) is 2. The van der Waals surface area contributed by atoms with E-state index in [2.05, 4.69) is 5.32 Å². The fourth-order valence-electron chi connectivity index (χ4n) is 1.88. The van der Waals surface area contributed by atoms with Crippen LogP contribution in [-0.4, -0.2) is 23.8 Å². The number of alkyl halides is 3. The van der Waals surface area contributed by atoms with Gasteiger partial charge in [-0.25, -0.2) is 4.39 Å². The van der Waals surface area contributed by atoms with Crippen LogP contribution >= 0.6 is 0 Å². The second kappa shape index (κ2) is 3.96. The summed E-state index contributed by atoms with van der Waals surface area (Å²) in [4.78, 5) is 0. The van der Waals surface area contributed by atoms with E-state index < -0.39 is 23.2 Å². The average molecular weight is 249 g/mol. The Morgan fingerprint density at radius 3 is 2.41 bits per heavy atom. The summed E-state index contributed by atoms with van der Waals surface area (Å²) in [5.74, 6) is -0.733. The molecule has 1 aliphatic heterocycles. The maximum atomic E-state index is 13.0. The van der Waals surface area contributed by atoms with Gasteiger partial charge >= 0.3 is 6.18 Å². The van der Waals surface area contributed by atoms with Crippen LogP contribution in [0.3, 0.4) is 0 Å². The van der Waals surface area contributed by atoms with Crippen LogP contribution in [0.2, 0.25) is 0 Å². The van der Waals surface area contributed by atoms with Gasteiger partial charge in [0.1, 0.15) is 5.82 Å². The molecule has 0 bridgehead atoms. The topological polar surface area (TPSA) is 32.3 Å². The van der Waals surface area contributed by atoms with Crippen molar-refractivity contribution in [1.82, 2.24) is 5.32 Å². The molecular weight excluding hydrogens is 238 g/mol. The highest BCUT2D eigenvalue weighted by Gasteiger charge is 2.39. The molecule has 1 heterocycles. The highest BCUT2D eigenvalue weighted by Crippen LogP contribution is 2.34. The van der Waals surface area contributed by atoms with Crippen molar-refractivity contribution in [2.75, 3.05) is 13.1 Å². The minimum Gasteiger partial charge on any atom is -0.387 e. The summed E-state index contributed by atoms with van der Waals surface area (Å²) in [6.45, 7) is 0.446. The second-order valence-electron chi connectivity index (χ2n) is 4.30. The van der Waals surface area contributed by atoms with Gasteiger partial charge in [0.25, 0.3) is 0 Å². The first-order chi connectivity index (χ1) is 7.80. The van der Waals surface area contributed by atoms with Crippen LogP contribution in [0.25, 0.3) is 0 Å². The normalized spacial score (nSPS) is 18.9. The Morgan fingerprint density at radius 1 is 1.29 bits per heavy atom. The van der Waals surface area contributed by atoms with Crippen LogP contribution in [-0.2, 0) is 12.6 Å². The predicted octanol–water partition coefficient (Wildman–Crippen LogP) is 1.72. The van der Waals surface area contributed by atoms with E-state index in [0.717, 1.165) is 12.1 Å². The van der Waals surface area contributed by atoms with Crippen molar-refractivity contribution in [2.45, 2.75) is 18.2 Å². The highest BCUT2D eigenvalue weighted by atomic mass is 19.4. The largest absolute Gasteiger partial charge is 0.416 e. The van der Waals surface area contributed by atoms with Gasteiger partial charge in [-0.1, -0.05) is 0 Å². The van der Waals surface area contributed by atoms with Crippen molar-refractivity contribution in [1.29, 1.82) is 0 Å². The van der Waals surface area contributed by atoms with Gasteiger partial charge in [0, 0.05) is 19.5 Å². The Kier molecular flexibility index (Phi) is 2.87. The van der Waals surface area contributed by atoms with Gasteiger partial charge < -0.3 is 10.4 Å². The van der Waals surface area contributed by atoms with Crippen LogP contribution in [0.15, 0.2) is 18.2 Å². The van der Waals surface area contributed by atoms with E-state index >= 15 is 0 Å². The Hall–Kier alpha value is -1.14. The summed E-state index contributed by atoms with van der Waals surface area (Å²) >= 11 is 0. The lowest BCUT2D eigenvalue weighted by Gasteiger charge is -2.38. The smallest absolute Gasteiger partial charge is 0.387 e. The van der Waals surface area contributed by atoms with Crippen LogP contribution in [0.4, 0.5) is 17.6 Å². The molecule has 1 aromatic carbocycles. The van der Waals surface area contributed by atoms with Crippen LogP contribution in [0, 0.1) is 5.82 Å². The van der Waals surface area contributed by atoms with E-state index in [0.29, 0.717) is 6.07 Å². The van der Waals surface area contributed by atoms with Crippen molar-refractivity contribution >= 4 is 0 Å². The molecule has 6 heteroatoms. The van der Waals surface area contributed by atoms with Crippen molar-refractivity contribution in [3.63, 3.8) is 0 Å². The van der Waals surface area contributed by atoms with E-state index in [1.165, 1.54) is 0 Å². The van der Waals surface area contributed by atoms with E-state index in [1.54, 1.807) is 0 Å². The van der Waals surface area contributed by atoms with Crippen molar-refractivity contribution in [2.24, 2.45) is 0 Å². The van der Waals surface area contributed by atoms with Crippen molar-refractivity contribution in [3.05, 3.63) is 35.1 Å². The van der Waals surface area contributed by atoms with Gasteiger partial charge in [-0.05, 0) is 23.8 Å². The third-order valence-corrected chi connectivity index (χ3v) is 2.80. The van der Waals surface area contributed by atoms with Crippen LogP contribution < -0.4 is 5.32 Å². The zero-order valence-corrected chi connectivity index (χ0v) is 8.81. The zero-order valence-electron chi connectivity index (χ0n) is 8.81. The molecule has 0 spiro atoms. The quantitative estimate of drug-likeness (QED) is 0.782. The third kappa shape index (κ3) is 2.58. The SMILES string of the molecule is OC1(Cc2cc(F)ccc2C(F)(F)F)CNC1. The molecule has 2 rings (SSSR count). The monoisotopic (exact) mass is 249 g/mol. The number of nitrogens with one attached hydrogen (secondary N) is 1. The molecule has 17 heavy (non-hydrogen) atoms. The number of benzene rings is 1. The van der Waals surface area contributed by atoms with Crippen LogP contribution in [0.5, 0.6) is 0 Å². The zero-order chi connectivity index (χ0) is 12.7. The average Bonchev–Trinajstić information content (AvgIpc) is 2.13. The molecule has 0 atom stereocenters. The Balaban J connectivity index is 2.33. The third-order valence-electron chi connectivity index (χ3n) is 2.80. The first-order valence-electron chi connectivity index (χ1n) is 5.09. The summed E-state index contributed by atoms with van der Waals surface area (Å²) in [6.07, 6.45) is -4.73. The molecule has 2 nitrogen and oxygen atoms in total. The Morgan fingerprint density at radius 2 is 1.94 bits per heavy atom. The second-order valence-corrected chi connectivity index (χ2v) is 4.30. The Bertz CT molecular complexity index is 426. The van der Waals surface area contributed by atoms with Gasteiger partial charge in [-0.2, -0.15) is 13.2 Å². The lowest BCUT2D eigenvalue weighted by molar-refractivity contribution is -0.138. The number of β-amino-alcohol motifs (C(OH)–C–C–N with tert-alkyl or cyclic N) is 1. The fourth-order valence-corrected chi connectivity index (χ4v) is 1.88. The standard InChI is InChI=1S/C11H11F4NO/c12-8-1-2-9(11(13,14)15)7(3-8)4-10(17)5-16-6-10/h1-3,16-17H,4-6H2. The summed E-state index contributed by atoms with van der Waals surface area (Å²) in [7, 11) is 0. The van der Waals surface area contributed by atoms with E-state index in [9.17, 15) is 22.7 Å². The molecule has 0 aliphatic carbocycles. The lowest BCUT2D eigenvalue weighted by atomic mass is 9.87. The molecule has 0 amide bonds. The molecule has 1 saturated heterocycles. The van der Waals surface area contributed by atoms with E-state index in [1.807, 2.05) is 0 Å². The first-order valence-corrected chi connectivity index (χ1v) is 5.09. The van der Waals surface area contributed by atoms with Gasteiger partial charge in [-0.15, -0.1) is 0 Å². The minimum atomic E-state index is -4.53. The summed E-state index contributed by atoms with van der Waals surface area (Å²) in [5, 5.41) is 12.6. The molecule has 94 valence electrons. The molecule has 1 aromatic rings. The molecule has 0 aromatic heterocycles. The number of aliphatic hydroxyl groups is 1. The summed E-state index contributed by atoms with van der Waals surface area (Å²) < 4.78 is 50.9. The molecule has 0 unspecified atom stereocenters. The first kappa shape index (κ1) is 12.3. The van der Waals surface area contributed by atoms with E-state index in [-0.39, 0.29) is 25.1 Å². The maximum absolute atomic E-state index is 13.0. The fraction of sp³-hybridized carbons (Fsp3) is 0.455. The molecule has 2 N–H and O–H groups in total. The van der Waals surface area contributed by atoms with Gasteiger partial charge in [0.05, 0.1) is 11.2 Å². The molecule has 0 saturated carbocycles. The van der Waals surface area contributed by atoms with Crippen molar-refractivity contribution in [3.8, 4) is 0 Å². The van der Waals surface area contributed by atoms with Gasteiger partial charge in [0.15, 0.2) is 0 Å². The predicted molar refractivity (Wildman–Crippen MR) is 52.9 cm³/mol. The van der Waals surface area contributed by atoms with Gasteiger partial charge in [0.2, 0.25) is 0 Å². The molecule has 1 aliphatic rings. The molecule has 1 fully saturated rings. The molecule has 0 radical (unpaired) electrons. The van der Waals surface area contributed by atoms with Crippen molar-refractivity contribution < 1.29 is 22.7 Å². The Labute approximate surface area is 95.3 Å². The maximum Gasteiger partial charge on any atom is 0.416 e. The summed E-state index contributed by atoms with van der Waals surface area (Å²) in [6, 6.07) is 2.31. The lowest BCUT2D eigenvalue weighted by Crippen LogP contribution is -2.60. The minimum absolute atomic E-state index is 0.202. The highest BCUT2D eigenvalue weighted by molar-refractivity contribution is 5.32. The van der Waals surface area contributed by atoms with Crippen LogP contribution in [0.1, 0.15) is 11.1 Å². The summed E-state index contributed by atoms with van der Waals surface area (Å²) in [5.41, 5.74) is -2.30. The number of halogens is 4. The molecular formula is C11H11F4NO. The number of rotatable bonds is 2. The van der Waals surface area contributed by atoms with E-state index in [4.69, 9.17) is 0 Å². The van der Waals surface area contributed by atoms with Gasteiger partial charge in [-0.3, -0.25) is 0 Å². The number of hydrogen-bond acceptors (Lipinski definition) is 2.